The van der Waals surface area contributed by atoms with E-state index in [-0.39, 0.29) is 0 Å². The number of halogens is 5. The van der Waals surface area contributed by atoms with Crippen molar-refractivity contribution in [2.45, 2.75) is 5.50 Å². The van der Waals surface area contributed by atoms with Gasteiger partial charge in [0.05, 0.1) is 0 Å². The van der Waals surface area contributed by atoms with Crippen LogP contribution in [0.25, 0.3) is 0 Å². The first-order valence-electron chi connectivity index (χ1n) is 1.59. The second kappa shape index (κ2) is 2.52. The fourth-order valence-corrected chi connectivity index (χ4v) is 0.214. The van der Waals surface area contributed by atoms with Crippen molar-refractivity contribution >= 4 is 11.2 Å². The van der Waals surface area contributed by atoms with Crippen LogP contribution >= 0.6 is 11.2 Å². The van der Waals surface area contributed by atoms with Gasteiger partial charge in [0.15, 0.2) is 0 Å². The van der Waals surface area contributed by atoms with Crippen LogP contribution < -0.4 is 0 Å². The van der Waals surface area contributed by atoms with Crippen molar-refractivity contribution in [3.63, 3.8) is 0 Å². The molecule has 0 aromatic carbocycles. The summed E-state index contributed by atoms with van der Waals surface area (Å²) in [5.74, 6) is 0. The molecule has 0 fully saturated rings. The molecule has 0 radical (unpaired) electrons. The highest BCUT2D eigenvalue weighted by molar-refractivity contribution is 8.21. The lowest BCUT2D eigenvalue weighted by atomic mass is 10.9. The standard InChI is InChI=1S/C2H3F5S/c3-1-2(4)8(5,6)7/h2H,1H2. The topological polar surface area (TPSA) is 0 Å². The zero-order valence-corrected chi connectivity index (χ0v) is 4.40. The van der Waals surface area contributed by atoms with E-state index < -0.39 is 23.4 Å². The minimum Gasteiger partial charge on any atom is -0.247 e. The zero-order valence-electron chi connectivity index (χ0n) is 3.58. The Kier molecular flexibility index (Phi) is 2.52. The lowest BCUT2D eigenvalue weighted by molar-refractivity contribution is 0.319. The third-order valence-corrected chi connectivity index (χ3v) is 1.12. The first-order chi connectivity index (χ1) is 3.48. The molecule has 0 aliphatic heterocycles. The molecule has 0 aliphatic rings. The summed E-state index contributed by atoms with van der Waals surface area (Å²) in [5, 5.41) is 0. The monoisotopic (exact) mass is 154 g/mol. The average Bonchev–Trinajstić information content (AvgIpc) is 1.62. The Bertz CT molecular complexity index is 67.3. The molecule has 0 rings (SSSR count). The van der Waals surface area contributed by atoms with Crippen molar-refractivity contribution in [1.82, 2.24) is 0 Å². The predicted molar refractivity (Wildman–Crippen MR) is 21.8 cm³/mol. The summed E-state index contributed by atoms with van der Waals surface area (Å²) in [5.41, 5.74) is -3.23. The van der Waals surface area contributed by atoms with Gasteiger partial charge in [-0.3, -0.25) is 0 Å². The molecule has 52 valence electrons. The molecule has 0 heterocycles. The highest BCUT2D eigenvalue weighted by atomic mass is 32.3. The number of hydrogen-bond acceptors (Lipinski definition) is 0. The molecule has 0 nitrogen and oxygen atoms in total. The van der Waals surface area contributed by atoms with E-state index in [2.05, 4.69) is 0 Å². The first-order valence-corrected chi connectivity index (χ1v) is 2.99. The van der Waals surface area contributed by atoms with Crippen LogP contribution in [0.2, 0.25) is 0 Å². The van der Waals surface area contributed by atoms with Crippen LogP contribution in [0.15, 0.2) is 0 Å². The van der Waals surface area contributed by atoms with Gasteiger partial charge < -0.3 is 0 Å². The van der Waals surface area contributed by atoms with E-state index in [0.717, 1.165) is 0 Å². The second-order valence-electron chi connectivity index (χ2n) is 1.01. The fourth-order valence-electron chi connectivity index (χ4n) is 0.0714. The lowest BCUT2D eigenvalue weighted by Gasteiger charge is -2.10. The quantitative estimate of drug-likeness (QED) is 0.536. The SMILES string of the molecule is FCC(F)S(F)(F)F. The molecule has 0 N–H and O–H groups in total. The van der Waals surface area contributed by atoms with Gasteiger partial charge in [-0.05, 0) is 0 Å². The van der Waals surface area contributed by atoms with Crippen molar-refractivity contribution in [3.05, 3.63) is 0 Å². The summed E-state index contributed by atoms with van der Waals surface area (Å²) in [4.78, 5) is 0. The molecule has 6 heteroatoms. The lowest BCUT2D eigenvalue weighted by Crippen LogP contribution is -2.02. The largest absolute Gasteiger partial charge is 0.247 e. The van der Waals surface area contributed by atoms with Gasteiger partial charge in [-0.2, -0.15) is 0 Å². The maximum absolute atomic E-state index is 11.2. The first kappa shape index (κ1) is 8.00. The van der Waals surface area contributed by atoms with Gasteiger partial charge in [-0.25, -0.2) is 8.78 Å². The molecule has 0 aromatic heterocycles. The van der Waals surface area contributed by atoms with E-state index >= 15 is 0 Å². The molecule has 0 aliphatic carbocycles. The van der Waals surface area contributed by atoms with Crippen molar-refractivity contribution < 1.29 is 20.4 Å². The highest BCUT2D eigenvalue weighted by Gasteiger charge is 2.34. The minimum absolute atomic E-state index is 1.96. The van der Waals surface area contributed by atoms with Gasteiger partial charge >= 0.3 is 0 Å². The summed E-state index contributed by atoms with van der Waals surface area (Å²) in [6.07, 6.45) is 0. The highest BCUT2D eigenvalue weighted by Crippen LogP contribution is 2.58. The van der Waals surface area contributed by atoms with Crippen LogP contribution in [0.4, 0.5) is 20.4 Å². The van der Waals surface area contributed by atoms with Crippen molar-refractivity contribution in [2.24, 2.45) is 0 Å². The van der Waals surface area contributed by atoms with E-state index in [4.69, 9.17) is 0 Å². The van der Waals surface area contributed by atoms with Crippen molar-refractivity contribution in [1.29, 1.82) is 0 Å². The van der Waals surface area contributed by atoms with Gasteiger partial charge in [0.2, 0.25) is 16.7 Å². The van der Waals surface area contributed by atoms with Crippen LogP contribution in [0.1, 0.15) is 0 Å². The molecular formula is C2H3F5S. The average molecular weight is 154 g/mol. The molecule has 1 unspecified atom stereocenters. The van der Waals surface area contributed by atoms with Crippen LogP contribution in [-0.2, 0) is 0 Å². The summed E-state index contributed by atoms with van der Waals surface area (Å²) < 4.78 is 54.7. The molecule has 0 amide bonds. The van der Waals surface area contributed by atoms with Gasteiger partial charge in [-0.15, -0.1) is 11.7 Å². The number of alkyl halides is 2. The number of rotatable bonds is 2. The Morgan fingerprint density at radius 1 is 1.25 bits per heavy atom. The number of hydrogen-bond donors (Lipinski definition) is 0. The Morgan fingerprint density at radius 3 is 1.62 bits per heavy atom. The summed E-state index contributed by atoms with van der Waals surface area (Å²) in [7, 11) is 0. The van der Waals surface area contributed by atoms with Gasteiger partial charge in [-0.1, -0.05) is 0 Å². The molecule has 8 heavy (non-hydrogen) atoms. The molecule has 0 spiro atoms. The smallest absolute Gasteiger partial charge is 0.243 e. The molecule has 1 atom stereocenters. The van der Waals surface area contributed by atoms with Crippen molar-refractivity contribution in [2.75, 3.05) is 6.67 Å². The third-order valence-electron chi connectivity index (χ3n) is 0.411. The molecule has 0 saturated carbocycles. The van der Waals surface area contributed by atoms with Crippen LogP contribution in [0.3, 0.4) is 0 Å². The normalized spacial score (nSPS) is 18.1. The molecular weight excluding hydrogens is 151 g/mol. The maximum atomic E-state index is 11.2. The van der Waals surface area contributed by atoms with Gasteiger partial charge in [0.1, 0.15) is 6.67 Å². The van der Waals surface area contributed by atoms with E-state index in [9.17, 15) is 20.4 Å². The Morgan fingerprint density at radius 2 is 1.62 bits per heavy atom. The van der Waals surface area contributed by atoms with E-state index in [1.54, 1.807) is 0 Å². The molecule has 0 aromatic rings. The van der Waals surface area contributed by atoms with Crippen LogP contribution in [0.5, 0.6) is 0 Å². The Balaban J connectivity index is 3.62. The van der Waals surface area contributed by atoms with Gasteiger partial charge in [0, 0.05) is 0 Å². The van der Waals surface area contributed by atoms with E-state index in [1.807, 2.05) is 0 Å². The van der Waals surface area contributed by atoms with Crippen LogP contribution in [-0.4, -0.2) is 12.2 Å². The maximum Gasteiger partial charge on any atom is 0.243 e. The Labute approximate surface area is 44.9 Å². The summed E-state index contributed by atoms with van der Waals surface area (Å²) >= 11 is -5.79. The second-order valence-corrected chi connectivity index (χ2v) is 2.40. The predicted octanol–water partition coefficient (Wildman–Crippen LogP) is 2.71. The van der Waals surface area contributed by atoms with E-state index in [1.165, 1.54) is 0 Å². The van der Waals surface area contributed by atoms with Crippen LogP contribution in [0, 0.1) is 0 Å². The molecule has 0 saturated heterocycles. The fraction of sp³-hybridized carbons (Fsp3) is 1.00. The summed E-state index contributed by atoms with van der Waals surface area (Å²) in [6, 6.07) is 0. The van der Waals surface area contributed by atoms with Gasteiger partial charge in [0.25, 0.3) is 0 Å². The Hall–Kier alpha value is -0.0000000000000000555. The third kappa shape index (κ3) is 2.34. The summed E-state index contributed by atoms with van der Waals surface area (Å²) in [6.45, 7) is -1.96. The molecule has 0 bridgehead atoms. The van der Waals surface area contributed by atoms with E-state index in [0.29, 0.717) is 0 Å². The van der Waals surface area contributed by atoms with Crippen molar-refractivity contribution in [3.8, 4) is 0 Å². The minimum atomic E-state index is -5.79. The zero-order chi connectivity index (χ0) is 6.78.